The van der Waals surface area contributed by atoms with Crippen molar-refractivity contribution < 1.29 is 8.42 Å². The molecule has 2 rings (SSSR count). The lowest BCUT2D eigenvalue weighted by Crippen LogP contribution is -2.37. The van der Waals surface area contributed by atoms with Gasteiger partial charge in [0.1, 0.15) is 13.6 Å². The summed E-state index contributed by atoms with van der Waals surface area (Å²) in [6, 6.07) is 0. The normalized spacial score (nSPS) is 18.5. The van der Waals surface area contributed by atoms with Crippen molar-refractivity contribution in [3.05, 3.63) is 13.1 Å². The predicted molar refractivity (Wildman–Crippen MR) is 78.1 cm³/mol. The van der Waals surface area contributed by atoms with E-state index in [1.54, 1.807) is 11.8 Å². The number of sulfonamides is 1. The fraction of sp³-hybridized carbons (Fsp3) is 0.500. The Morgan fingerprint density at radius 2 is 1.76 bits per heavy atom. The molecule has 0 unspecified atom stereocenters. The van der Waals surface area contributed by atoms with Crippen molar-refractivity contribution in [2.45, 2.75) is 4.90 Å². The summed E-state index contributed by atoms with van der Waals surface area (Å²) < 4.78 is 27.2. The van der Waals surface area contributed by atoms with Gasteiger partial charge >= 0.3 is 0 Å². The Labute approximate surface area is 127 Å². The Kier molecular flexibility index (Phi) is 4.72. The van der Waals surface area contributed by atoms with Gasteiger partial charge in [0.2, 0.25) is 10.0 Å². The monoisotopic (exact) mass is 395 g/mol. The summed E-state index contributed by atoms with van der Waals surface area (Å²) in [5.74, 6) is 1.62. The molecule has 1 aromatic heterocycles. The average molecular weight is 397 g/mol. The van der Waals surface area contributed by atoms with Gasteiger partial charge in [-0.25, -0.2) is 8.42 Å². The summed E-state index contributed by atoms with van der Waals surface area (Å²) in [7, 11) is -3.54. The quantitative estimate of drug-likeness (QED) is 0.766. The van der Waals surface area contributed by atoms with Crippen LogP contribution >= 0.6 is 62.2 Å². The van der Waals surface area contributed by atoms with Crippen LogP contribution in [0.4, 0.5) is 0 Å². The topological polar surface area (TPSA) is 37.4 Å². The highest BCUT2D eigenvalue weighted by molar-refractivity contribution is 9.10. The van der Waals surface area contributed by atoms with Crippen LogP contribution in [-0.4, -0.2) is 37.3 Å². The van der Waals surface area contributed by atoms with E-state index in [4.69, 9.17) is 23.2 Å². The van der Waals surface area contributed by atoms with Gasteiger partial charge in [0.15, 0.2) is 0 Å². The summed E-state index contributed by atoms with van der Waals surface area (Å²) in [6.07, 6.45) is 0. The van der Waals surface area contributed by atoms with Crippen LogP contribution in [0.2, 0.25) is 8.67 Å². The van der Waals surface area contributed by atoms with E-state index >= 15 is 0 Å². The van der Waals surface area contributed by atoms with Crippen LogP contribution in [0.25, 0.3) is 0 Å². The van der Waals surface area contributed by atoms with E-state index < -0.39 is 10.0 Å². The van der Waals surface area contributed by atoms with Crippen molar-refractivity contribution in [1.82, 2.24) is 4.31 Å². The van der Waals surface area contributed by atoms with Gasteiger partial charge in [-0.3, -0.25) is 0 Å². The molecule has 0 spiro atoms. The van der Waals surface area contributed by atoms with Crippen LogP contribution in [0.5, 0.6) is 0 Å². The first-order valence-electron chi connectivity index (χ1n) is 4.66. The number of rotatable bonds is 2. The van der Waals surface area contributed by atoms with E-state index in [-0.39, 0.29) is 9.23 Å². The molecule has 96 valence electrons. The number of thioether (sulfide) groups is 1. The second-order valence-electron chi connectivity index (χ2n) is 3.31. The summed E-state index contributed by atoms with van der Waals surface area (Å²) in [6.45, 7) is 1.03. The Morgan fingerprint density at radius 3 is 2.24 bits per heavy atom. The fourth-order valence-electron chi connectivity index (χ4n) is 1.48. The number of thiophene rings is 1. The Hall–Kier alpha value is 1.02. The average Bonchev–Trinajstić information content (AvgIpc) is 2.54. The number of hydrogen-bond acceptors (Lipinski definition) is 4. The number of nitrogens with zero attached hydrogens (tertiary/aromatic N) is 1. The van der Waals surface area contributed by atoms with Crippen LogP contribution in [-0.2, 0) is 10.0 Å². The summed E-state index contributed by atoms with van der Waals surface area (Å²) in [4.78, 5) is 0.0982. The zero-order valence-electron chi connectivity index (χ0n) is 8.45. The van der Waals surface area contributed by atoms with Crippen LogP contribution in [0.1, 0.15) is 0 Å². The minimum absolute atomic E-state index is 0.0982. The van der Waals surface area contributed by atoms with Crippen molar-refractivity contribution in [3.8, 4) is 0 Å². The fourth-order valence-corrected chi connectivity index (χ4v) is 7.53. The molecular formula is C8H8BrCl2NO2S3. The van der Waals surface area contributed by atoms with Crippen molar-refractivity contribution in [3.63, 3.8) is 0 Å². The predicted octanol–water partition coefficient (Wildman–Crippen LogP) is 3.55. The van der Waals surface area contributed by atoms with Gasteiger partial charge in [-0.1, -0.05) is 23.2 Å². The van der Waals surface area contributed by atoms with Crippen molar-refractivity contribution in [2.24, 2.45) is 0 Å². The maximum atomic E-state index is 12.4. The first-order valence-corrected chi connectivity index (χ1v) is 9.62. The minimum Gasteiger partial charge on any atom is -0.207 e. The number of hydrogen-bond donors (Lipinski definition) is 0. The van der Waals surface area contributed by atoms with Crippen LogP contribution in [0.15, 0.2) is 9.37 Å². The van der Waals surface area contributed by atoms with Crippen molar-refractivity contribution in [2.75, 3.05) is 24.6 Å². The molecule has 1 aromatic rings. The molecule has 0 aromatic carbocycles. The maximum absolute atomic E-state index is 12.4. The molecular weight excluding hydrogens is 389 g/mol. The van der Waals surface area contributed by atoms with Crippen LogP contribution in [0.3, 0.4) is 0 Å². The highest BCUT2D eigenvalue weighted by atomic mass is 79.9. The van der Waals surface area contributed by atoms with Crippen LogP contribution in [0, 0.1) is 0 Å². The zero-order chi connectivity index (χ0) is 12.6. The van der Waals surface area contributed by atoms with E-state index in [9.17, 15) is 8.42 Å². The second-order valence-corrected chi connectivity index (χ2v) is 9.43. The second kappa shape index (κ2) is 5.56. The Balaban J connectivity index is 2.43. The summed E-state index contributed by atoms with van der Waals surface area (Å²) in [5, 5.41) is 0. The van der Waals surface area contributed by atoms with E-state index in [2.05, 4.69) is 15.9 Å². The van der Waals surface area contributed by atoms with Gasteiger partial charge in [-0.15, -0.1) is 11.3 Å². The largest absolute Gasteiger partial charge is 0.246 e. The standard InChI is InChI=1S/C8H8BrCl2NO2S3/c9-5-6(8(11)16-7(5)10)17(13,14)12-1-3-15-4-2-12/h1-4H2. The molecule has 0 atom stereocenters. The molecule has 1 aliphatic heterocycles. The lowest BCUT2D eigenvalue weighted by molar-refractivity contribution is 0.443. The van der Waals surface area contributed by atoms with Gasteiger partial charge in [-0.05, 0) is 15.9 Å². The third kappa shape index (κ3) is 2.80. The molecule has 0 saturated carbocycles. The molecule has 0 N–H and O–H groups in total. The highest BCUT2D eigenvalue weighted by Crippen LogP contribution is 2.44. The molecule has 17 heavy (non-hydrogen) atoms. The molecule has 0 radical (unpaired) electrons. The van der Waals surface area contributed by atoms with Gasteiger partial charge in [-0.2, -0.15) is 16.1 Å². The third-order valence-corrected chi connectivity index (χ3v) is 8.60. The molecule has 3 nitrogen and oxygen atoms in total. The van der Waals surface area contributed by atoms with Gasteiger partial charge in [0, 0.05) is 24.6 Å². The molecule has 9 heteroatoms. The molecule has 2 heterocycles. The SMILES string of the molecule is O=S(=O)(c1c(Cl)sc(Cl)c1Br)N1CCSCC1. The van der Waals surface area contributed by atoms with Crippen molar-refractivity contribution in [1.29, 1.82) is 0 Å². The number of halogens is 3. The summed E-state index contributed by atoms with van der Waals surface area (Å²) in [5.41, 5.74) is 0. The molecule has 1 aliphatic rings. The van der Waals surface area contributed by atoms with E-state index in [0.717, 1.165) is 22.8 Å². The molecule has 1 fully saturated rings. The summed E-state index contributed by atoms with van der Waals surface area (Å²) >= 11 is 17.8. The van der Waals surface area contributed by atoms with E-state index in [1.807, 2.05) is 0 Å². The Bertz CT molecular complexity index is 525. The molecule has 1 saturated heterocycles. The third-order valence-electron chi connectivity index (χ3n) is 2.30. The molecule has 0 bridgehead atoms. The molecule has 0 amide bonds. The molecule has 0 aliphatic carbocycles. The highest BCUT2D eigenvalue weighted by Gasteiger charge is 2.32. The van der Waals surface area contributed by atoms with E-state index in [0.29, 0.717) is 21.9 Å². The van der Waals surface area contributed by atoms with Gasteiger partial charge in [0.05, 0.1) is 4.47 Å². The Morgan fingerprint density at radius 1 is 1.18 bits per heavy atom. The smallest absolute Gasteiger partial charge is 0.207 e. The lowest BCUT2D eigenvalue weighted by atomic mass is 10.6. The van der Waals surface area contributed by atoms with Gasteiger partial charge in [0.25, 0.3) is 0 Å². The first kappa shape index (κ1) is 14.4. The van der Waals surface area contributed by atoms with Gasteiger partial charge < -0.3 is 0 Å². The maximum Gasteiger partial charge on any atom is 0.246 e. The first-order chi connectivity index (χ1) is 7.94. The van der Waals surface area contributed by atoms with Crippen molar-refractivity contribution >= 4 is 72.3 Å². The minimum atomic E-state index is -3.54. The van der Waals surface area contributed by atoms with Crippen LogP contribution < -0.4 is 0 Å². The van der Waals surface area contributed by atoms with E-state index in [1.165, 1.54) is 4.31 Å². The lowest BCUT2D eigenvalue weighted by Gasteiger charge is -2.25. The zero-order valence-corrected chi connectivity index (χ0v) is 14.0.